The number of rotatable bonds is 6. The number of amides is 2. The number of nitrogens with zero attached hydrogens (tertiary/aromatic N) is 2. The van der Waals surface area contributed by atoms with Crippen LogP contribution in [0.3, 0.4) is 0 Å². The van der Waals surface area contributed by atoms with Crippen LogP contribution in [0, 0.1) is 5.92 Å². The Labute approximate surface area is 150 Å². The van der Waals surface area contributed by atoms with Crippen molar-refractivity contribution < 1.29 is 13.9 Å². The molecule has 6 heteroatoms. The van der Waals surface area contributed by atoms with E-state index in [0.717, 1.165) is 25.3 Å². The fourth-order valence-corrected chi connectivity index (χ4v) is 3.84. The first-order chi connectivity index (χ1) is 12.0. The summed E-state index contributed by atoms with van der Waals surface area (Å²) in [4.78, 5) is 17.2. The molecule has 6 nitrogen and oxygen atoms in total. The second-order valence-electron chi connectivity index (χ2n) is 7.73. The zero-order valence-corrected chi connectivity index (χ0v) is 15.6. The lowest BCUT2D eigenvalue weighted by molar-refractivity contribution is 0.0842. The SMILES string of the molecule is CC(C)COC[C@@H](NC(=O)N1CC[C@H]2CC[C@@H](C1)N2C)c1ccco1. The summed E-state index contributed by atoms with van der Waals surface area (Å²) >= 11 is 0. The van der Waals surface area contributed by atoms with Crippen molar-refractivity contribution in [1.29, 1.82) is 0 Å². The van der Waals surface area contributed by atoms with E-state index in [9.17, 15) is 4.79 Å². The maximum absolute atomic E-state index is 12.8. The molecule has 2 fully saturated rings. The molecule has 0 radical (unpaired) electrons. The highest BCUT2D eigenvalue weighted by Gasteiger charge is 2.36. The number of hydrogen-bond donors (Lipinski definition) is 1. The molecule has 2 bridgehead atoms. The van der Waals surface area contributed by atoms with Crippen molar-refractivity contribution in [2.75, 3.05) is 33.4 Å². The molecule has 2 aliphatic rings. The number of nitrogens with one attached hydrogen (secondary N) is 1. The van der Waals surface area contributed by atoms with Crippen LogP contribution in [0.4, 0.5) is 4.79 Å². The average Bonchev–Trinajstić information content (AvgIpc) is 3.15. The van der Waals surface area contributed by atoms with Crippen LogP contribution in [0.1, 0.15) is 44.9 Å². The Morgan fingerprint density at radius 2 is 2.12 bits per heavy atom. The topological polar surface area (TPSA) is 58.0 Å². The third-order valence-corrected chi connectivity index (χ3v) is 5.36. The number of hydrogen-bond acceptors (Lipinski definition) is 4. The first-order valence-electron chi connectivity index (χ1n) is 9.43. The molecule has 0 unspecified atom stereocenters. The standard InChI is InChI=1S/C19H31N3O3/c1-14(2)12-24-13-17(18-5-4-10-25-18)20-19(23)22-9-8-15-6-7-16(11-22)21(15)3/h4-5,10,14-17H,6-9,11-13H2,1-3H3,(H,20,23)/t15-,16+,17-/m1/s1. The minimum absolute atomic E-state index is 0.0181. The lowest BCUT2D eigenvalue weighted by atomic mass is 10.1. The molecule has 2 saturated heterocycles. The van der Waals surface area contributed by atoms with Gasteiger partial charge in [-0.3, -0.25) is 4.90 Å². The molecule has 2 amide bonds. The van der Waals surface area contributed by atoms with Crippen LogP contribution in [-0.2, 0) is 4.74 Å². The maximum atomic E-state index is 12.8. The molecule has 140 valence electrons. The number of furan rings is 1. The molecular weight excluding hydrogens is 318 g/mol. The van der Waals surface area contributed by atoms with Crippen molar-refractivity contribution in [1.82, 2.24) is 15.1 Å². The summed E-state index contributed by atoms with van der Waals surface area (Å²) in [5.41, 5.74) is 0. The number of carbonyl (C=O) groups is 1. The van der Waals surface area contributed by atoms with Crippen molar-refractivity contribution in [3.05, 3.63) is 24.2 Å². The first-order valence-corrected chi connectivity index (χ1v) is 9.43. The van der Waals surface area contributed by atoms with E-state index in [1.807, 2.05) is 17.0 Å². The van der Waals surface area contributed by atoms with Crippen LogP contribution >= 0.6 is 0 Å². The predicted molar refractivity (Wildman–Crippen MR) is 96.4 cm³/mol. The molecule has 0 aliphatic carbocycles. The second-order valence-corrected chi connectivity index (χ2v) is 7.73. The maximum Gasteiger partial charge on any atom is 0.318 e. The van der Waals surface area contributed by atoms with Crippen molar-refractivity contribution >= 4 is 6.03 Å². The van der Waals surface area contributed by atoms with Crippen molar-refractivity contribution in [3.8, 4) is 0 Å². The number of likely N-dealkylation sites (tertiary alicyclic amines) is 1. The molecule has 3 heterocycles. The molecule has 3 rings (SSSR count). The van der Waals surface area contributed by atoms with Gasteiger partial charge in [0.2, 0.25) is 0 Å². The number of urea groups is 1. The molecule has 0 saturated carbocycles. The van der Waals surface area contributed by atoms with E-state index in [0.29, 0.717) is 31.2 Å². The number of likely N-dealkylation sites (N-methyl/N-ethyl adjacent to an activating group) is 1. The molecule has 2 aliphatic heterocycles. The fraction of sp³-hybridized carbons (Fsp3) is 0.737. The summed E-state index contributed by atoms with van der Waals surface area (Å²) in [6.45, 7) is 6.95. The van der Waals surface area contributed by atoms with E-state index in [4.69, 9.17) is 9.15 Å². The van der Waals surface area contributed by atoms with Gasteiger partial charge in [-0.05, 0) is 44.4 Å². The van der Waals surface area contributed by atoms with Crippen LogP contribution in [0.5, 0.6) is 0 Å². The van der Waals surface area contributed by atoms with Gasteiger partial charge in [0.15, 0.2) is 0 Å². The molecule has 1 aromatic heterocycles. The summed E-state index contributed by atoms with van der Waals surface area (Å²) in [5.74, 6) is 1.20. The number of carbonyl (C=O) groups excluding carboxylic acids is 1. The Morgan fingerprint density at radius 3 is 2.84 bits per heavy atom. The first kappa shape index (κ1) is 18.3. The Hall–Kier alpha value is -1.53. The van der Waals surface area contributed by atoms with Gasteiger partial charge in [-0.2, -0.15) is 0 Å². The molecule has 25 heavy (non-hydrogen) atoms. The van der Waals surface area contributed by atoms with E-state index in [2.05, 4.69) is 31.1 Å². The lowest BCUT2D eigenvalue weighted by Crippen LogP contribution is -2.46. The van der Waals surface area contributed by atoms with Crippen LogP contribution in [0.25, 0.3) is 0 Å². The van der Waals surface area contributed by atoms with E-state index < -0.39 is 0 Å². The Bertz CT molecular complexity index is 546. The zero-order chi connectivity index (χ0) is 17.8. The lowest BCUT2D eigenvalue weighted by Gasteiger charge is -2.28. The molecule has 0 aromatic carbocycles. The molecule has 3 atom stereocenters. The van der Waals surface area contributed by atoms with E-state index in [-0.39, 0.29) is 12.1 Å². The van der Waals surface area contributed by atoms with Gasteiger partial charge in [0, 0.05) is 31.8 Å². The Kier molecular flexibility index (Phi) is 6.02. The minimum atomic E-state index is -0.251. The van der Waals surface area contributed by atoms with Gasteiger partial charge in [-0.25, -0.2) is 4.79 Å². The van der Waals surface area contributed by atoms with Gasteiger partial charge in [-0.15, -0.1) is 0 Å². The minimum Gasteiger partial charge on any atom is -0.467 e. The fourth-order valence-electron chi connectivity index (χ4n) is 3.84. The molecule has 1 aromatic rings. The monoisotopic (exact) mass is 349 g/mol. The number of ether oxygens (including phenoxy) is 1. The summed E-state index contributed by atoms with van der Waals surface area (Å²) in [6, 6.07) is 4.57. The van der Waals surface area contributed by atoms with Crippen molar-refractivity contribution in [2.24, 2.45) is 5.92 Å². The van der Waals surface area contributed by atoms with Crippen LogP contribution in [0.15, 0.2) is 22.8 Å². The van der Waals surface area contributed by atoms with E-state index >= 15 is 0 Å². The number of fused-ring (bicyclic) bond motifs is 2. The summed E-state index contributed by atoms with van der Waals surface area (Å²) in [7, 11) is 2.19. The summed E-state index contributed by atoms with van der Waals surface area (Å²) in [6.07, 6.45) is 5.13. The summed E-state index contributed by atoms with van der Waals surface area (Å²) < 4.78 is 11.3. The van der Waals surface area contributed by atoms with Gasteiger partial charge in [0.05, 0.1) is 12.9 Å². The third kappa shape index (κ3) is 4.55. The third-order valence-electron chi connectivity index (χ3n) is 5.36. The smallest absolute Gasteiger partial charge is 0.318 e. The normalized spacial score (nSPS) is 25.2. The van der Waals surface area contributed by atoms with Gasteiger partial charge >= 0.3 is 6.03 Å². The van der Waals surface area contributed by atoms with Crippen LogP contribution in [-0.4, -0.2) is 61.3 Å². The van der Waals surface area contributed by atoms with Gasteiger partial charge in [0.25, 0.3) is 0 Å². The van der Waals surface area contributed by atoms with Crippen molar-refractivity contribution in [3.63, 3.8) is 0 Å². The highest BCUT2D eigenvalue weighted by atomic mass is 16.5. The van der Waals surface area contributed by atoms with Crippen LogP contribution < -0.4 is 5.32 Å². The summed E-state index contributed by atoms with van der Waals surface area (Å²) in [5, 5.41) is 3.11. The highest BCUT2D eigenvalue weighted by molar-refractivity contribution is 5.74. The van der Waals surface area contributed by atoms with Gasteiger partial charge in [-0.1, -0.05) is 13.8 Å². The molecular formula is C19H31N3O3. The predicted octanol–water partition coefficient (Wildman–Crippen LogP) is 2.87. The van der Waals surface area contributed by atoms with Gasteiger partial charge in [0.1, 0.15) is 11.8 Å². The van der Waals surface area contributed by atoms with E-state index in [1.165, 1.54) is 12.8 Å². The van der Waals surface area contributed by atoms with Gasteiger partial charge < -0.3 is 19.4 Å². The highest BCUT2D eigenvalue weighted by Crippen LogP contribution is 2.28. The molecule has 0 spiro atoms. The molecule has 1 N–H and O–H groups in total. The van der Waals surface area contributed by atoms with E-state index in [1.54, 1.807) is 6.26 Å². The Balaban J connectivity index is 1.59. The van der Waals surface area contributed by atoms with Crippen molar-refractivity contribution in [2.45, 2.75) is 51.2 Å². The largest absolute Gasteiger partial charge is 0.467 e. The van der Waals surface area contributed by atoms with Crippen LogP contribution in [0.2, 0.25) is 0 Å². The average molecular weight is 349 g/mol. The Morgan fingerprint density at radius 1 is 1.32 bits per heavy atom. The quantitative estimate of drug-likeness (QED) is 0.858. The zero-order valence-electron chi connectivity index (χ0n) is 15.6. The second kappa shape index (κ2) is 8.23.